The molecule has 0 aromatic carbocycles. The van der Waals surface area contributed by atoms with E-state index < -0.39 is 18.1 Å². The second-order valence-corrected chi connectivity index (χ2v) is 1.26. The molecule has 0 heterocycles. The second-order valence-electron chi connectivity index (χ2n) is 1.26. The van der Waals surface area contributed by atoms with Gasteiger partial charge < -0.3 is 10.2 Å². The van der Waals surface area contributed by atoms with Gasteiger partial charge in [0.25, 0.3) is 0 Å². The first-order valence-electron chi connectivity index (χ1n) is 2.20. The van der Waals surface area contributed by atoms with E-state index in [4.69, 9.17) is 24.6 Å². The van der Waals surface area contributed by atoms with Crippen molar-refractivity contribution < 1.29 is 37.8 Å². The number of alkyl halides is 3. The van der Waals surface area contributed by atoms with E-state index >= 15 is 0 Å². The molecule has 0 fully saturated rings. The molecule has 0 aromatic heterocycles. The van der Waals surface area contributed by atoms with Crippen LogP contribution < -0.4 is 0 Å². The van der Waals surface area contributed by atoms with Gasteiger partial charge in [0, 0.05) is 0 Å². The van der Waals surface area contributed by atoms with E-state index in [2.05, 4.69) is 0 Å². The van der Waals surface area contributed by atoms with E-state index in [-0.39, 0.29) is 6.29 Å². The molecule has 0 bridgehead atoms. The van der Waals surface area contributed by atoms with Crippen LogP contribution in [0.4, 0.5) is 13.2 Å². The van der Waals surface area contributed by atoms with Crippen LogP contribution in [-0.4, -0.2) is 34.6 Å². The highest BCUT2D eigenvalue weighted by atomic mass is 19.4. The van der Waals surface area contributed by atoms with E-state index in [0.29, 0.717) is 0 Å². The zero-order valence-corrected chi connectivity index (χ0v) is 5.33. The maximum atomic E-state index is 10.6. The van der Waals surface area contributed by atoms with Gasteiger partial charge in [0.15, 0.2) is 0 Å². The number of aldehydes is 1. The van der Waals surface area contributed by atoms with E-state index in [9.17, 15) is 13.2 Å². The molecular weight excluding hydrogens is 185 g/mol. The summed E-state index contributed by atoms with van der Waals surface area (Å²) in [6.45, 7) is 0. The van der Waals surface area contributed by atoms with E-state index in [0.717, 1.165) is 0 Å². The summed E-state index contributed by atoms with van der Waals surface area (Å²) >= 11 is 0. The highest BCUT2D eigenvalue weighted by Gasteiger charge is 2.38. The summed E-state index contributed by atoms with van der Waals surface area (Å²) in [6, 6.07) is 0. The molecule has 0 saturated heterocycles. The molecule has 70 valence electrons. The maximum absolute atomic E-state index is 10.6. The van der Waals surface area contributed by atoms with Crippen LogP contribution in [0.15, 0.2) is 0 Å². The van der Waals surface area contributed by atoms with Crippen molar-refractivity contribution in [3.63, 3.8) is 0 Å². The number of carboxylic acids is 2. The molecule has 0 aliphatic carbocycles. The molecule has 5 nitrogen and oxygen atoms in total. The molecule has 0 atom stereocenters. The lowest BCUT2D eigenvalue weighted by atomic mass is 10.7. The number of carbonyl (C=O) groups is 3. The topological polar surface area (TPSA) is 91.7 Å². The molecule has 0 aliphatic rings. The van der Waals surface area contributed by atoms with Crippen molar-refractivity contribution in [2.45, 2.75) is 6.18 Å². The van der Waals surface area contributed by atoms with Crippen molar-refractivity contribution in [1.29, 1.82) is 0 Å². The number of carboxylic acid groups (broad SMARTS) is 2. The molecule has 0 saturated carbocycles. The normalized spacial score (nSPS) is 9.25. The highest BCUT2D eigenvalue weighted by molar-refractivity contribution is 6.19. The number of hydrogen-bond acceptors (Lipinski definition) is 3. The second kappa shape index (κ2) is 5.10. The first-order chi connectivity index (χ1) is 5.21. The van der Waals surface area contributed by atoms with Crippen molar-refractivity contribution in [2.24, 2.45) is 0 Å². The van der Waals surface area contributed by atoms with Gasteiger partial charge in [-0.15, -0.1) is 0 Å². The van der Waals surface area contributed by atoms with E-state index in [1.807, 2.05) is 0 Å². The average Bonchev–Trinajstić information content (AvgIpc) is 1.87. The molecule has 2 N–H and O–H groups in total. The standard InChI is InChI=1S/C2HF3O2.C2H2O3/c3-2(4,5)1(6)7;3-1-2(4)5/h(H,6,7);1H,(H,4,5). The summed E-state index contributed by atoms with van der Waals surface area (Å²) in [5, 5.41) is 14.5. The summed E-state index contributed by atoms with van der Waals surface area (Å²) in [5.41, 5.74) is 0. The fourth-order valence-corrected chi connectivity index (χ4v) is 0. The third kappa shape index (κ3) is 11.2. The van der Waals surface area contributed by atoms with Crippen LogP contribution in [0.25, 0.3) is 0 Å². The van der Waals surface area contributed by atoms with Crippen molar-refractivity contribution in [1.82, 2.24) is 0 Å². The van der Waals surface area contributed by atoms with Crippen LogP contribution >= 0.6 is 0 Å². The molecule has 12 heavy (non-hydrogen) atoms. The Bertz CT molecular complexity index is 184. The van der Waals surface area contributed by atoms with Crippen LogP contribution in [0.2, 0.25) is 0 Å². The van der Waals surface area contributed by atoms with Gasteiger partial charge in [-0.1, -0.05) is 0 Å². The summed E-state index contributed by atoms with van der Waals surface area (Å²) < 4.78 is 31.7. The predicted octanol–water partition coefficient (Wildman–Crippen LogP) is -0.0968. The van der Waals surface area contributed by atoms with Crippen LogP contribution in [-0.2, 0) is 14.4 Å². The van der Waals surface area contributed by atoms with E-state index in [1.165, 1.54) is 0 Å². The zero-order chi connectivity index (χ0) is 10.4. The number of aliphatic carboxylic acids is 2. The average molecular weight is 188 g/mol. The van der Waals surface area contributed by atoms with Crippen molar-refractivity contribution in [3.05, 3.63) is 0 Å². The van der Waals surface area contributed by atoms with Gasteiger partial charge in [0.2, 0.25) is 6.29 Å². The van der Waals surface area contributed by atoms with Gasteiger partial charge in [-0.25, -0.2) is 9.59 Å². The molecule has 0 aliphatic heterocycles. The number of rotatable bonds is 1. The minimum absolute atomic E-state index is 0.167. The Kier molecular flexibility index (Phi) is 5.54. The fraction of sp³-hybridized carbons (Fsp3) is 0.250. The van der Waals surface area contributed by atoms with Gasteiger partial charge in [0.05, 0.1) is 0 Å². The predicted molar refractivity (Wildman–Crippen MR) is 27.4 cm³/mol. The zero-order valence-electron chi connectivity index (χ0n) is 5.33. The Balaban J connectivity index is 0. The third-order valence-electron chi connectivity index (χ3n) is 0.343. The Morgan fingerprint density at radius 1 is 1.17 bits per heavy atom. The van der Waals surface area contributed by atoms with Gasteiger partial charge in [-0.3, -0.25) is 4.79 Å². The summed E-state index contributed by atoms with van der Waals surface area (Å²) in [4.78, 5) is 26.8. The molecule has 8 heteroatoms. The smallest absolute Gasteiger partial charge is 0.476 e. The minimum Gasteiger partial charge on any atom is -0.476 e. The lowest BCUT2D eigenvalue weighted by molar-refractivity contribution is -0.192. The number of halogens is 3. The van der Waals surface area contributed by atoms with E-state index in [1.54, 1.807) is 0 Å². The van der Waals surface area contributed by atoms with Crippen molar-refractivity contribution in [3.8, 4) is 0 Å². The summed E-state index contributed by atoms with van der Waals surface area (Å²) in [6.07, 6.45) is -5.25. The van der Waals surface area contributed by atoms with Crippen LogP contribution in [0, 0.1) is 0 Å². The van der Waals surface area contributed by atoms with Gasteiger partial charge in [0.1, 0.15) is 0 Å². The Morgan fingerprint density at radius 2 is 1.33 bits per heavy atom. The fourth-order valence-electron chi connectivity index (χ4n) is 0. The largest absolute Gasteiger partial charge is 0.490 e. The molecule has 0 unspecified atom stereocenters. The van der Waals surface area contributed by atoms with Crippen molar-refractivity contribution >= 4 is 18.2 Å². The number of carbonyl (C=O) groups excluding carboxylic acids is 1. The lowest BCUT2D eigenvalue weighted by Crippen LogP contribution is -2.21. The molecule has 0 radical (unpaired) electrons. The van der Waals surface area contributed by atoms with Crippen LogP contribution in [0.5, 0.6) is 0 Å². The number of hydrogen-bond donors (Lipinski definition) is 2. The van der Waals surface area contributed by atoms with Gasteiger partial charge in [-0.05, 0) is 0 Å². The summed E-state index contributed by atoms with van der Waals surface area (Å²) in [5.74, 6) is -4.18. The van der Waals surface area contributed by atoms with Crippen LogP contribution in [0.3, 0.4) is 0 Å². The first-order valence-corrected chi connectivity index (χ1v) is 2.20. The lowest BCUT2D eigenvalue weighted by Gasteiger charge is -1.93. The monoisotopic (exact) mass is 188 g/mol. The Hall–Kier alpha value is -1.60. The summed E-state index contributed by atoms with van der Waals surface area (Å²) in [7, 11) is 0. The first kappa shape index (κ1) is 13.0. The Labute approximate surface area is 63.4 Å². The minimum atomic E-state index is -5.08. The molecule has 0 amide bonds. The maximum Gasteiger partial charge on any atom is 0.490 e. The highest BCUT2D eigenvalue weighted by Crippen LogP contribution is 2.13. The Morgan fingerprint density at radius 3 is 1.33 bits per heavy atom. The molecule has 0 aromatic rings. The molecular formula is C4H3F3O5. The van der Waals surface area contributed by atoms with Gasteiger partial charge in [-0.2, -0.15) is 13.2 Å². The third-order valence-corrected chi connectivity index (χ3v) is 0.343. The van der Waals surface area contributed by atoms with Crippen molar-refractivity contribution in [2.75, 3.05) is 0 Å². The van der Waals surface area contributed by atoms with Crippen LogP contribution in [0.1, 0.15) is 0 Å². The quantitative estimate of drug-likeness (QED) is 0.443. The molecule has 0 rings (SSSR count). The van der Waals surface area contributed by atoms with Gasteiger partial charge >= 0.3 is 18.1 Å². The SMILES string of the molecule is O=C(O)C(F)(F)F.O=CC(=O)O. The molecule has 0 spiro atoms.